The third-order valence-corrected chi connectivity index (χ3v) is 4.41. The second-order valence-electron chi connectivity index (χ2n) is 4.84. The van der Waals surface area contributed by atoms with Crippen LogP contribution in [0.25, 0.3) is 0 Å². The normalized spacial score (nSPS) is 12.8. The highest BCUT2D eigenvalue weighted by molar-refractivity contribution is 14.1. The number of hydrogen-bond acceptors (Lipinski definition) is 2. The first-order valence-electron chi connectivity index (χ1n) is 6.04. The maximum atomic E-state index is 11.9. The van der Waals surface area contributed by atoms with Gasteiger partial charge in [-0.15, -0.1) is 11.3 Å². The van der Waals surface area contributed by atoms with Gasteiger partial charge in [-0.2, -0.15) is 0 Å². The van der Waals surface area contributed by atoms with Crippen LogP contribution < -0.4 is 5.32 Å². The van der Waals surface area contributed by atoms with Crippen LogP contribution in [0.5, 0.6) is 0 Å². The third-order valence-electron chi connectivity index (χ3n) is 2.63. The van der Waals surface area contributed by atoms with Crippen LogP contribution >= 0.6 is 33.9 Å². The Morgan fingerprint density at radius 1 is 1.41 bits per heavy atom. The predicted octanol–water partition coefficient (Wildman–Crippen LogP) is 4.30. The fourth-order valence-electron chi connectivity index (χ4n) is 1.64. The van der Waals surface area contributed by atoms with E-state index in [0.29, 0.717) is 0 Å². The molecular formula is C13H20INOS. The lowest BCUT2D eigenvalue weighted by molar-refractivity contribution is 0.0938. The van der Waals surface area contributed by atoms with Gasteiger partial charge in [0, 0.05) is 11.4 Å². The number of amides is 1. The van der Waals surface area contributed by atoms with Crippen molar-refractivity contribution in [1.29, 1.82) is 0 Å². The Kier molecular flexibility index (Phi) is 6.48. The summed E-state index contributed by atoms with van der Waals surface area (Å²) in [5.74, 6) is 0.803. The van der Waals surface area contributed by atoms with Crippen molar-refractivity contribution < 1.29 is 4.79 Å². The van der Waals surface area contributed by atoms with Crippen molar-refractivity contribution in [1.82, 2.24) is 5.32 Å². The highest BCUT2D eigenvalue weighted by Gasteiger charge is 2.11. The molecule has 1 rings (SSSR count). The minimum absolute atomic E-state index is 0.0567. The second-order valence-corrected chi connectivity index (χ2v) is 7.64. The van der Waals surface area contributed by atoms with Gasteiger partial charge in [0.15, 0.2) is 0 Å². The predicted molar refractivity (Wildman–Crippen MR) is 82.7 cm³/mol. The Morgan fingerprint density at radius 3 is 2.65 bits per heavy atom. The van der Waals surface area contributed by atoms with Crippen molar-refractivity contribution in [3.63, 3.8) is 0 Å². The number of carbonyl (C=O) groups excluding carboxylic acids is 1. The number of nitrogens with one attached hydrogen (secondary N) is 1. The van der Waals surface area contributed by atoms with E-state index in [2.05, 4.69) is 48.7 Å². The molecule has 1 unspecified atom stereocenters. The summed E-state index contributed by atoms with van der Waals surface area (Å²) in [5.41, 5.74) is 0.787. The summed E-state index contributed by atoms with van der Waals surface area (Å²) in [7, 11) is 0. The van der Waals surface area contributed by atoms with Gasteiger partial charge in [0.25, 0.3) is 5.91 Å². The average Bonchev–Trinajstić information content (AvgIpc) is 2.64. The minimum Gasteiger partial charge on any atom is -0.350 e. The highest BCUT2D eigenvalue weighted by atomic mass is 127. The maximum Gasteiger partial charge on any atom is 0.252 e. The van der Waals surface area contributed by atoms with Gasteiger partial charge in [0.1, 0.15) is 0 Å². The Morgan fingerprint density at radius 2 is 2.12 bits per heavy atom. The highest BCUT2D eigenvalue weighted by Crippen LogP contribution is 2.16. The fraction of sp³-hybridized carbons (Fsp3) is 0.615. The summed E-state index contributed by atoms with van der Waals surface area (Å²) >= 11 is 3.84. The van der Waals surface area contributed by atoms with Gasteiger partial charge in [-0.3, -0.25) is 4.79 Å². The van der Waals surface area contributed by atoms with E-state index in [4.69, 9.17) is 0 Å². The molecule has 1 N–H and O–H groups in total. The summed E-state index contributed by atoms with van der Waals surface area (Å²) in [6, 6.07) is 2.19. The first kappa shape index (κ1) is 15.0. The van der Waals surface area contributed by atoms with Crippen LogP contribution in [0.1, 0.15) is 50.4 Å². The molecule has 0 fully saturated rings. The lowest BCUT2D eigenvalue weighted by Gasteiger charge is -2.13. The summed E-state index contributed by atoms with van der Waals surface area (Å²) in [5, 5.41) is 4.96. The zero-order valence-corrected chi connectivity index (χ0v) is 13.6. The number of rotatable bonds is 6. The number of halogens is 1. The van der Waals surface area contributed by atoms with Gasteiger partial charge in [0.2, 0.25) is 0 Å². The number of thiophene rings is 1. The molecule has 0 radical (unpaired) electrons. The third kappa shape index (κ3) is 5.86. The molecule has 0 aliphatic carbocycles. The van der Waals surface area contributed by atoms with E-state index >= 15 is 0 Å². The quantitative estimate of drug-likeness (QED) is 0.749. The van der Waals surface area contributed by atoms with Crippen LogP contribution in [-0.2, 0) is 0 Å². The van der Waals surface area contributed by atoms with Gasteiger partial charge < -0.3 is 5.32 Å². The van der Waals surface area contributed by atoms with Crippen molar-refractivity contribution in [2.24, 2.45) is 5.92 Å². The molecule has 1 heterocycles. The number of hydrogen-bond donors (Lipinski definition) is 1. The summed E-state index contributed by atoms with van der Waals surface area (Å²) in [6.45, 7) is 6.54. The summed E-state index contributed by atoms with van der Waals surface area (Å²) in [6.07, 6.45) is 3.47. The smallest absolute Gasteiger partial charge is 0.252 e. The molecule has 96 valence electrons. The standard InChI is InChI=1S/C13H20INOS/c1-9(2)5-4-6-10(3)15-13(16)11-7-12(14)17-8-11/h7-10H,4-6H2,1-3H3,(H,15,16). The second kappa shape index (κ2) is 7.36. The SMILES string of the molecule is CC(C)CCCC(C)NC(=O)c1csc(I)c1. The monoisotopic (exact) mass is 365 g/mol. The molecule has 0 bridgehead atoms. The first-order valence-corrected chi connectivity index (χ1v) is 7.99. The molecular weight excluding hydrogens is 345 g/mol. The van der Waals surface area contributed by atoms with Gasteiger partial charge >= 0.3 is 0 Å². The first-order chi connectivity index (χ1) is 7.99. The molecule has 17 heavy (non-hydrogen) atoms. The van der Waals surface area contributed by atoms with Crippen LogP contribution in [0, 0.1) is 8.80 Å². The van der Waals surface area contributed by atoms with Gasteiger partial charge in [-0.1, -0.05) is 26.7 Å². The Bertz CT molecular complexity index is 362. The fourth-order valence-corrected chi connectivity index (χ4v) is 2.97. The van der Waals surface area contributed by atoms with E-state index in [1.54, 1.807) is 11.3 Å². The molecule has 0 aliphatic heterocycles. The van der Waals surface area contributed by atoms with Crippen LogP contribution in [0.3, 0.4) is 0 Å². The van der Waals surface area contributed by atoms with Crippen molar-refractivity contribution in [3.05, 3.63) is 19.9 Å². The minimum atomic E-state index is 0.0567. The molecule has 1 aromatic rings. The molecule has 0 saturated heterocycles. The number of carbonyl (C=O) groups is 1. The summed E-state index contributed by atoms with van der Waals surface area (Å²) in [4.78, 5) is 11.9. The van der Waals surface area contributed by atoms with Crippen molar-refractivity contribution in [2.75, 3.05) is 0 Å². The molecule has 0 spiro atoms. The molecule has 0 saturated carbocycles. The van der Waals surface area contributed by atoms with Crippen molar-refractivity contribution in [2.45, 2.75) is 46.1 Å². The molecule has 1 atom stereocenters. The van der Waals surface area contributed by atoms with E-state index < -0.39 is 0 Å². The molecule has 0 aliphatic rings. The lowest BCUT2D eigenvalue weighted by atomic mass is 10.0. The largest absolute Gasteiger partial charge is 0.350 e. The van der Waals surface area contributed by atoms with Crippen molar-refractivity contribution >= 4 is 39.8 Å². The topological polar surface area (TPSA) is 29.1 Å². The maximum absolute atomic E-state index is 11.9. The van der Waals surface area contributed by atoms with Crippen LogP contribution in [0.2, 0.25) is 0 Å². The van der Waals surface area contributed by atoms with Crippen LogP contribution in [0.4, 0.5) is 0 Å². The molecule has 0 aromatic carbocycles. The van der Waals surface area contributed by atoms with E-state index in [0.717, 1.165) is 20.8 Å². The molecule has 4 heteroatoms. The Hall–Kier alpha value is -0.100. The zero-order valence-electron chi connectivity index (χ0n) is 10.6. The van der Waals surface area contributed by atoms with Crippen LogP contribution in [-0.4, -0.2) is 11.9 Å². The van der Waals surface area contributed by atoms with Crippen molar-refractivity contribution in [3.8, 4) is 0 Å². The van der Waals surface area contributed by atoms with E-state index in [1.807, 2.05) is 11.4 Å². The lowest BCUT2D eigenvalue weighted by Crippen LogP contribution is -2.32. The van der Waals surface area contributed by atoms with E-state index in [-0.39, 0.29) is 11.9 Å². The van der Waals surface area contributed by atoms with Crippen LogP contribution in [0.15, 0.2) is 11.4 Å². The Balaban J connectivity index is 2.31. The van der Waals surface area contributed by atoms with Gasteiger partial charge in [-0.05, 0) is 47.9 Å². The summed E-state index contributed by atoms with van der Waals surface area (Å²) < 4.78 is 1.15. The van der Waals surface area contributed by atoms with E-state index in [9.17, 15) is 4.79 Å². The molecule has 1 aromatic heterocycles. The molecule has 2 nitrogen and oxygen atoms in total. The van der Waals surface area contributed by atoms with Gasteiger partial charge in [0.05, 0.1) is 8.45 Å². The Labute approximate surface area is 121 Å². The average molecular weight is 365 g/mol. The van der Waals surface area contributed by atoms with Gasteiger partial charge in [-0.25, -0.2) is 0 Å². The molecule has 1 amide bonds. The van der Waals surface area contributed by atoms with E-state index in [1.165, 1.54) is 12.8 Å². The zero-order chi connectivity index (χ0) is 12.8.